The zero-order valence-electron chi connectivity index (χ0n) is 11.0. The van der Waals surface area contributed by atoms with Crippen molar-refractivity contribution in [2.24, 2.45) is 0 Å². The molecule has 98 valence electrons. The molecule has 2 N–H and O–H groups in total. The smallest absolute Gasteiger partial charge is 0.305 e. The van der Waals surface area contributed by atoms with E-state index in [0.29, 0.717) is 12.0 Å². The maximum atomic E-state index is 12.0. The van der Waals surface area contributed by atoms with Crippen LogP contribution < -0.4 is 5.32 Å². The summed E-state index contributed by atoms with van der Waals surface area (Å²) in [5, 5.41) is 11.5. The molecular weight excluding hydrogens is 230 g/mol. The molecule has 1 unspecified atom stereocenters. The first-order valence-electron chi connectivity index (χ1n) is 6.03. The number of nitrogens with one attached hydrogen (secondary N) is 1. The Bertz CT molecular complexity index is 434. The van der Waals surface area contributed by atoms with E-state index in [2.05, 4.69) is 5.32 Å². The van der Waals surface area contributed by atoms with Crippen molar-refractivity contribution < 1.29 is 14.7 Å². The third kappa shape index (κ3) is 4.20. The van der Waals surface area contributed by atoms with Crippen molar-refractivity contribution in [2.45, 2.75) is 39.7 Å². The van der Waals surface area contributed by atoms with Gasteiger partial charge in [0.15, 0.2) is 0 Å². The van der Waals surface area contributed by atoms with Crippen LogP contribution in [0.4, 0.5) is 0 Å². The molecule has 4 heteroatoms. The fourth-order valence-electron chi connectivity index (χ4n) is 1.88. The molecule has 0 bridgehead atoms. The Morgan fingerprint density at radius 2 is 1.78 bits per heavy atom. The fourth-order valence-corrected chi connectivity index (χ4v) is 1.88. The fraction of sp³-hybridized carbons (Fsp3) is 0.429. The molecule has 0 aliphatic heterocycles. The molecule has 0 aromatic heterocycles. The molecule has 0 heterocycles. The molecule has 1 aromatic rings. The topological polar surface area (TPSA) is 66.4 Å². The zero-order chi connectivity index (χ0) is 13.7. The van der Waals surface area contributed by atoms with Gasteiger partial charge in [0.05, 0.1) is 6.42 Å². The van der Waals surface area contributed by atoms with Gasteiger partial charge in [-0.1, -0.05) is 24.1 Å². The molecular formula is C14H19NO3. The number of hydrogen-bond donors (Lipinski definition) is 2. The van der Waals surface area contributed by atoms with Crippen LogP contribution in [0.15, 0.2) is 18.2 Å². The standard InChI is InChI=1S/C14H19NO3/c1-4-12(8-13(16)17)15-14(18)11-6-9(2)5-10(3)7-11/h5-7,12H,4,8H2,1-3H3,(H,15,18)(H,16,17). The second-order valence-electron chi connectivity index (χ2n) is 4.55. The highest BCUT2D eigenvalue weighted by Gasteiger charge is 2.15. The minimum Gasteiger partial charge on any atom is -0.481 e. The highest BCUT2D eigenvalue weighted by Crippen LogP contribution is 2.09. The van der Waals surface area contributed by atoms with Crippen LogP contribution in [0.2, 0.25) is 0 Å². The van der Waals surface area contributed by atoms with Gasteiger partial charge in [0.2, 0.25) is 0 Å². The lowest BCUT2D eigenvalue weighted by Gasteiger charge is -2.15. The number of aryl methyl sites for hydroxylation is 2. The van der Waals surface area contributed by atoms with Crippen LogP contribution >= 0.6 is 0 Å². The van der Waals surface area contributed by atoms with E-state index < -0.39 is 5.97 Å². The molecule has 1 aromatic carbocycles. The first-order valence-corrected chi connectivity index (χ1v) is 6.03. The molecule has 0 saturated heterocycles. The largest absolute Gasteiger partial charge is 0.481 e. The molecule has 0 aliphatic rings. The summed E-state index contributed by atoms with van der Waals surface area (Å²) >= 11 is 0. The third-order valence-corrected chi connectivity index (χ3v) is 2.73. The maximum absolute atomic E-state index is 12.0. The summed E-state index contributed by atoms with van der Waals surface area (Å²) < 4.78 is 0. The van der Waals surface area contributed by atoms with Gasteiger partial charge in [-0.25, -0.2) is 0 Å². The van der Waals surface area contributed by atoms with E-state index in [0.717, 1.165) is 11.1 Å². The van der Waals surface area contributed by atoms with E-state index in [9.17, 15) is 9.59 Å². The number of carboxylic acid groups (broad SMARTS) is 1. The van der Waals surface area contributed by atoms with Gasteiger partial charge in [0.1, 0.15) is 0 Å². The van der Waals surface area contributed by atoms with Crippen molar-refractivity contribution in [3.63, 3.8) is 0 Å². The Morgan fingerprint density at radius 3 is 2.22 bits per heavy atom. The molecule has 0 aliphatic carbocycles. The van der Waals surface area contributed by atoms with Gasteiger partial charge in [-0.05, 0) is 32.4 Å². The summed E-state index contributed by atoms with van der Waals surface area (Å²) in [7, 11) is 0. The van der Waals surface area contributed by atoms with Gasteiger partial charge in [0.25, 0.3) is 5.91 Å². The summed E-state index contributed by atoms with van der Waals surface area (Å²) in [5.74, 6) is -1.11. The summed E-state index contributed by atoms with van der Waals surface area (Å²) in [6.45, 7) is 5.71. The molecule has 0 fully saturated rings. The van der Waals surface area contributed by atoms with Crippen molar-refractivity contribution in [3.8, 4) is 0 Å². The molecule has 1 amide bonds. The number of benzene rings is 1. The van der Waals surface area contributed by atoms with Crippen molar-refractivity contribution in [2.75, 3.05) is 0 Å². The first-order chi connectivity index (χ1) is 8.42. The third-order valence-electron chi connectivity index (χ3n) is 2.73. The van der Waals surface area contributed by atoms with Crippen molar-refractivity contribution in [3.05, 3.63) is 34.9 Å². The average molecular weight is 249 g/mol. The van der Waals surface area contributed by atoms with E-state index in [4.69, 9.17) is 5.11 Å². The van der Waals surface area contributed by atoms with Crippen LogP contribution in [0.25, 0.3) is 0 Å². The molecule has 4 nitrogen and oxygen atoms in total. The predicted octanol–water partition coefficient (Wildman–Crippen LogP) is 2.29. The lowest BCUT2D eigenvalue weighted by atomic mass is 10.1. The van der Waals surface area contributed by atoms with Crippen molar-refractivity contribution in [1.82, 2.24) is 5.32 Å². The number of carbonyl (C=O) groups excluding carboxylic acids is 1. The Balaban J connectivity index is 2.77. The van der Waals surface area contributed by atoms with Gasteiger partial charge in [0, 0.05) is 11.6 Å². The monoisotopic (exact) mass is 249 g/mol. The second-order valence-corrected chi connectivity index (χ2v) is 4.55. The molecule has 1 rings (SSSR count). The number of amides is 1. The lowest BCUT2D eigenvalue weighted by Crippen LogP contribution is -2.36. The van der Waals surface area contributed by atoms with Gasteiger partial charge >= 0.3 is 5.97 Å². The van der Waals surface area contributed by atoms with E-state index in [1.807, 2.05) is 26.8 Å². The van der Waals surface area contributed by atoms with Crippen LogP contribution in [0.1, 0.15) is 41.3 Å². The summed E-state index contributed by atoms with van der Waals surface area (Å²) in [5.41, 5.74) is 2.62. The SMILES string of the molecule is CCC(CC(=O)O)NC(=O)c1cc(C)cc(C)c1. The van der Waals surface area contributed by atoms with Crippen LogP contribution in [0.5, 0.6) is 0 Å². The van der Waals surface area contributed by atoms with Crippen LogP contribution in [-0.2, 0) is 4.79 Å². The predicted molar refractivity (Wildman–Crippen MR) is 69.7 cm³/mol. The van der Waals surface area contributed by atoms with E-state index in [-0.39, 0.29) is 18.4 Å². The van der Waals surface area contributed by atoms with E-state index in [1.54, 1.807) is 12.1 Å². The zero-order valence-corrected chi connectivity index (χ0v) is 11.0. The first kappa shape index (κ1) is 14.2. The molecule has 0 spiro atoms. The Labute approximate surface area is 107 Å². The van der Waals surface area contributed by atoms with E-state index in [1.165, 1.54) is 0 Å². The molecule has 1 atom stereocenters. The highest BCUT2D eigenvalue weighted by atomic mass is 16.4. The van der Waals surface area contributed by atoms with Crippen molar-refractivity contribution in [1.29, 1.82) is 0 Å². The lowest BCUT2D eigenvalue weighted by molar-refractivity contribution is -0.137. The summed E-state index contributed by atoms with van der Waals surface area (Å²) in [6, 6.07) is 5.27. The average Bonchev–Trinajstić information content (AvgIpc) is 2.26. The number of carboxylic acids is 1. The molecule has 0 saturated carbocycles. The maximum Gasteiger partial charge on any atom is 0.305 e. The van der Waals surface area contributed by atoms with Gasteiger partial charge in [-0.3, -0.25) is 9.59 Å². The second kappa shape index (κ2) is 6.19. The van der Waals surface area contributed by atoms with Crippen LogP contribution in [0, 0.1) is 13.8 Å². The van der Waals surface area contributed by atoms with Crippen LogP contribution in [-0.4, -0.2) is 23.0 Å². The van der Waals surface area contributed by atoms with Crippen molar-refractivity contribution >= 4 is 11.9 Å². The van der Waals surface area contributed by atoms with Gasteiger partial charge in [-0.2, -0.15) is 0 Å². The Morgan fingerprint density at radius 1 is 1.22 bits per heavy atom. The summed E-state index contributed by atoms with van der Waals surface area (Å²) in [6.07, 6.45) is 0.551. The molecule has 0 radical (unpaired) electrons. The highest BCUT2D eigenvalue weighted by molar-refractivity contribution is 5.95. The molecule has 18 heavy (non-hydrogen) atoms. The number of carbonyl (C=O) groups is 2. The van der Waals surface area contributed by atoms with Gasteiger partial charge < -0.3 is 10.4 Å². The normalized spacial score (nSPS) is 11.9. The Kier molecular flexibility index (Phi) is 4.89. The number of hydrogen-bond acceptors (Lipinski definition) is 2. The number of aliphatic carboxylic acids is 1. The Hall–Kier alpha value is -1.84. The van der Waals surface area contributed by atoms with Gasteiger partial charge in [-0.15, -0.1) is 0 Å². The van der Waals surface area contributed by atoms with Crippen LogP contribution in [0.3, 0.4) is 0 Å². The van der Waals surface area contributed by atoms with E-state index >= 15 is 0 Å². The summed E-state index contributed by atoms with van der Waals surface area (Å²) in [4.78, 5) is 22.6. The quantitative estimate of drug-likeness (QED) is 0.841. The number of rotatable bonds is 5. The minimum atomic E-state index is -0.900. The minimum absolute atomic E-state index is 0.0486.